The topological polar surface area (TPSA) is 109 Å². The summed E-state index contributed by atoms with van der Waals surface area (Å²) in [5.41, 5.74) is 3.11. The fourth-order valence-corrected chi connectivity index (χ4v) is 4.23. The molecule has 0 radical (unpaired) electrons. The van der Waals surface area contributed by atoms with E-state index in [4.69, 9.17) is 9.84 Å². The summed E-state index contributed by atoms with van der Waals surface area (Å²) in [6.07, 6.45) is 2.59. The smallest absolute Gasteiger partial charge is 0.171 e. The number of nitrogens with zero attached hydrogens (tertiary/aromatic N) is 2. The number of piperidine rings is 1. The van der Waals surface area contributed by atoms with Gasteiger partial charge in [-0.2, -0.15) is 5.26 Å². The number of anilines is 1. The van der Waals surface area contributed by atoms with Crippen molar-refractivity contribution in [2.45, 2.75) is 51.0 Å². The first-order valence-corrected chi connectivity index (χ1v) is 10.7. The van der Waals surface area contributed by atoms with Crippen molar-refractivity contribution in [3.63, 3.8) is 0 Å². The molecule has 0 saturated carbocycles. The predicted molar refractivity (Wildman–Crippen MR) is 116 cm³/mol. The molecule has 3 atom stereocenters. The average Bonchev–Trinajstić information content (AvgIpc) is 2.78. The lowest BCUT2D eigenvalue weighted by Crippen LogP contribution is -2.46. The molecule has 0 spiro atoms. The van der Waals surface area contributed by atoms with Crippen LogP contribution in [0.2, 0.25) is 0 Å². The average molecular weight is 422 g/mol. The zero-order chi connectivity index (χ0) is 21.2. The highest BCUT2D eigenvalue weighted by Gasteiger charge is 2.29. The molecule has 2 saturated heterocycles. The van der Waals surface area contributed by atoms with E-state index in [1.54, 1.807) is 0 Å². The highest BCUT2D eigenvalue weighted by molar-refractivity contribution is 8.01. The molecule has 29 heavy (non-hydrogen) atoms. The minimum absolute atomic E-state index is 0.132. The Labute approximate surface area is 177 Å². The van der Waals surface area contributed by atoms with Crippen LogP contribution in [0.5, 0.6) is 0 Å². The van der Waals surface area contributed by atoms with Gasteiger partial charge in [0.05, 0.1) is 18.8 Å². The van der Waals surface area contributed by atoms with E-state index in [9.17, 15) is 15.5 Å². The number of aliphatic hydroxyl groups excluding tert-OH is 3. The lowest BCUT2D eigenvalue weighted by Gasteiger charge is -2.31. The number of benzene rings is 1. The molecule has 0 aliphatic carbocycles. The van der Waals surface area contributed by atoms with Crippen molar-refractivity contribution in [3.8, 4) is 6.07 Å². The second kappa shape index (κ2) is 12.2. The molecule has 160 valence electrons. The van der Waals surface area contributed by atoms with Crippen molar-refractivity contribution in [3.05, 3.63) is 34.7 Å². The summed E-state index contributed by atoms with van der Waals surface area (Å²) < 4.78 is 8.17. The Balaban J connectivity index is 0.00000145. The van der Waals surface area contributed by atoms with Crippen molar-refractivity contribution in [1.29, 1.82) is 5.26 Å². The van der Waals surface area contributed by atoms with Crippen molar-refractivity contribution >= 4 is 23.2 Å². The Morgan fingerprint density at radius 1 is 1.17 bits per heavy atom. The van der Waals surface area contributed by atoms with Crippen LogP contribution in [0.1, 0.15) is 38.2 Å². The monoisotopic (exact) mass is 421 g/mol. The van der Waals surface area contributed by atoms with Gasteiger partial charge < -0.3 is 25.0 Å². The van der Waals surface area contributed by atoms with Gasteiger partial charge in [-0.1, -0.05) is 12.1 Å². The van der Waals surface area contributed by atoms with Crippen LogP contribution >= 0.6 is 11.9 Å². The second-order valence-electron chi connectivity index (χ2n) is 7.10. The number of aliphatic hydroxyl groups is 3. The number of nitriles is 1. The van der Waals surface area contributed by atoms with Crippen LogP contribution in [0.3, 0.4) is 0 Å². The second-order valence-corrected chi connectivity index (χ2v) is 7.95. The van der Waals surface area contributed by atoms with Gasteiger partial charge in [0.2, 0.25) is 0 Å². The highest BCUT2D eigenvalue weighted by atomic mass is 32.2. The SMILES string of the molecule is C/C(=C(/C#N)SN[C@@H]1CC(O)COC1O)c1ccc(N2CCCCC2)cc1.CO. The minimum Gasteiger partial charge on any atom is -0.400 e. The van der Waals surface area contributed by atoms with E-state index in [0.717, 1.165) is 31.3 Å². The Hall–Kier alpha value is -1.60. The molecule has 4 N–H and O–H groups in total. The third-order valence-corrected chi connectivity index (χ3v) is 6.13. The lowest BCUT2D eigenvalue weighted by molar-refractivity contribution is -0.168. The van der Waals surface area contributed by atoms with E-state index in [2.05, 4.69) is 40.0 Å². The van der Waals surface area contributed by atoms with Gasteiger partial charge in [-0.3, -0.25) is 4.72 Å². The van der Waals surface area contributed by atoms with E-state index < -0.39 is 18.4 Å². The molecule has 8 heteroatoms. The summed E-state index contributed by atoms with van der Waals surface area (Å²) in [7, 11) is 1.00. The third kappa shape index (κ3) is 6.71. The number of nitrogens with one attached hydrogen (secondary N) is 1. The Morgan fingerprint density at radius 3 is 2.45 bits per heavy atom. The van der Waals surface area contributed by atoms with Gasteiger partial charge in [-0.15, -0.1) is 0 Å². The van der Waals surface area contributed by atoms with Crippen molar-refractivity contribution in [1.82, 2.24) is 4.72 Å². The zero-order valence-corrected chi connectivity index (χ0v) is 17.9. The number of hydrogen-bond donors (Lipinski definition) is 4. The number of ether oxygens (including phenoxy) is 1. The van der Waals surface area contributed by atoms with Gasteiger partial charge in [-0.05, 0) is 67.8 Å². The molecule has 2 fully saturated rings. The van der Waals surface area contributed by atoms with E-state index in [1.807, 2.05) is 6.92 Å². The molecule has 1 aromatic rings. The summed E-state index contributed by atoms with van der Waals surface area (Å²) in [5, 5.41) is 36.1. The number of hydrogen-bond acceptors (Lipinski definition) is 8. The summed E-state index contributed by atoms with van der Waals surface area (Å²) in [4.78, 5) is 2.94. The first-order valence-electron chi connectivity index (χ1n) is 9.89. The lowest BCUT2D eigenvalue weighted by atomic mass is 10.1. The van der Waals surface area contributed by atoms with E-state index in [1.165, 1.54) is 36.9 Å². The first-order chi connectivity index (χ1) is 14.1. The summed E-state index contributed by atoms with van der Waals surface area (Å²) >= 11 is 1.18. The fraction of sp³-hybridized carbons (Fsp3) is 0.571. The summed E-state index contributed by atoms with van der Waals surface area (Å²) in [5.74, 6) is 0. The van der Waals surface area contributed by atoms with E-state index in [0.29, 0.717) is 11.3 Å². The van der Waals surface area contributed by atoms with Crippen LogP contribution in [0.25, 0.3) is 5.57 Å². The maximum Gasteiger partial charge on any atom is 0.171 e. The largest absolute Gasteiger partial charge is 0.400 e. The molecule has 0 bridgehead atoms. The molecule has 0 aromatic heterocycles. The molecule has 3 rings (SSSR count). The Morgan fingerprint density at radius 2 is 1.83 bits per heavy atom. The van der Waals surface area contributed by atoms with E-state index >= 15 is 0 Å². The predicted octanol–water partition coefficient (Wildman–Crippen LogP) is 2.25. The van der Waals surface area contributed by atoms with Gasteiger partial charge >= 0.3 is 0 Å². The molecule has 2 unspecified atom stereocenters. The standard InChI is InChI=1S/C20H27N3O3S.CH4O/c1-14(15-5-7-16(8-6-15)23-9-3-2-4-10-23)19(12-21)27-22-18-11-17(24)13-26-20(18)25;1-2/h5-8,17-18,20,22,24-25H,2-4,9-11,13H2,1H3;2H,1H3/b19-14+;/t17?,18-,20?;/m1./s1. The minimum atomic E-state index is -0.982. The van der Waals surface area contributed by atoms with Crippen LogP contribution in [-0.2, 0) is 4.74 Å². The molecular weight excluding hydrogens is 390 g/mol. The Kier molecular flexibility index (Phi) is 9.94. The normalized spacial score (nSPS) is 25.4. The maximum atomic E-state index is 9.87. The first kappa shape index (κ1) is 23.7. The van der Waals surface area contributed by atoms with Gasteiger partial charge in [-0.25, -0.2) is 0 Å². The quantitative estimate of drug-likeness (QED) is 0.423. The van der Waals surface area contributed by atoms with Crippen molar-refractivity contribution in [2.24, 2.45) is 0 Å². The maximum absolute atomic E-state index is 9.87. The van der Waals surface area contributed by atoms with Gasteiger partial charge in [0.1, 0.15) is 11.0 Å². The van der Waals surface area contributed by atoms with Gasteiger partial charge in [0, 0.05) is 25.9 Å². The zero-order valence-electron chi connectivity index (χ0n) is 17.0. The fourth-order valence-electron chi connectivity index (χ4n) is 3.43. The van der Waals surface area contributed by atoms with Crippen molar-refractivity contribution < 1.29 is 20.1 Å². The van der Waals surface area contributed by atoms with Crippen LogP contribution in [0.4, 0.5) is 5.69 Å². The van der Waals surface area contributed by atoms with Crippen molar-refractivity contribution in [2.75, 3.05) is 31.7 Å². The highest BCUT2D eigenvalue weighted by Crippen LogP contribution is 2.28. The molecule has 2 aliphatic rings. The number of allylic oxidation sites excluding steroid dienone is 2. The molecule has 7 nitrogen and oxygen atoms in total. The molecule has 0 amide bonds. The van der Waals surface area contributed by atoms with Crippen LogP contribution in [0.15, 0.2) is 29.2 Å². The van der Waals surface area contributed by atoms with Gasteiger partial charge in [0.15, 0.2) is 6.29 Å². The summed E-state index contributed by atoms with van der Waals surface area (Å²) in [6, 6.07) is 10.2. The third-order valence-electron chi connectivity index (χ3n) is 5.11. The molecule has 1 aromatic carbocycles. The van der Waals surface area contributed by atoms with E-state index in [-0.39, 0.29) is 6.61 Å². The Bertz CT molecular complexity index is 699. The van der Waals surface area contributed by atoms with Crippen LogP contribution in [-0.4, -0.2) is 60.6 Å². The molecule has 2 aliphatic heterocycles. The van der Waals surface area contributed by atoms with Crippen LogP contribution < -0.4 is 9.62 Å². The number of rotatable bonds is 5. The van der Waals surface area contributed by atoms with Crippen LogP contribution in [0, 0.1) is 11.3 Å². The van der Waals surface area contributed by atoms with Gasteiger partial charge in [0.25, 0.3) is 0 Å². The summed E-state index contributed by atoms with van der Waals surface area (Å²) in [6.45, 7) is 4.27. The molecular formula is C21H31N3O4S. The molecule has 2 heterocycles.